The summed E-state index contributed by atoms with van der Waals surface area (Å²) in [6.07, 6.45) is 1.95. The van der Waals surface area contributed by atoms with E-state index in [1.807, 2.05) is 18.2 Å². The van der Waals surface area contributed by atoms with Crippen molar-refractivity contribution in [3.05, 3.63) is 35.9 Å². The summed E-state index contributed by atoms with van der Waals surface area (Å²) in [4.78, 5) is 10.0. The van der Waals surface area contributed by atoms with E-state index in [1.54, 1.807) is 19.2 Å². The number of ether oxygens (including phenoxy) is 1. The van der Waals surface area contributed by atoms with Crippen LogP contribution in [0.3, 0.4) is 0 Å². The molecule has 72 valence electrons. The monoisotopic (exact) mass is 180 g/mol. The van der Waals surface area contributed by atoms with Crippen LogP contribution in [-0.2, 0) is 4.74 Å². The maximum atomic E-state index is 10.0. The number of carbonyl (C=O) groups excluding carboxylic acids is 1. The number of hydrogen-bond donors (Lipinski definition) is 0. The smallest absolute Gasteiger partial charge is 0.150 e. The van der Waals surface area contributed by atoms with Gasteiger partial charge in [0.05, 0.1) is 0 Å². The zero-order chi connectivity index (χ0) is 9.94. The first-order valence-electron chi connectivity index (χ1n) is 4.34. The molecule has 0 fully saturated rings. The van der Waals surface area contributed by atoms with Gasteiger partial charge < -0.3 is 4.74 Å². The van der Waals surface area contributed by atoms with Crippen molar-refractivity contribution >= 4 is 6.29 Å². The Bertz CT molecular complexity index is 205. The Balaban J connectivity index is 0.000000252. The zero-order valence-electron chi connectivity index (χ0n) is 8.19. The topological polar surface area (TPSA) is 26.3 Å². The van der Waals surface area contributed by atoms with Gasteiger partial charge in [-0.1, -0.05) is 37.3 Å². The predicted octanol–water partition coefficient (Wildman–Crippen LogP) is 2.54. The van der Waals surface area contributed by atoms with Gasteiger partial charge in [0.1, 0.15) is 6.29 Å². The van der Waals surface area contributed by atoms with Crippen LogP contribution in [0.15, 0.2) is 30.3 Å². The summed E-state index contributed by atoms with van der Waals surface area (Å²) in [6.45, 7) is 2.98. The molecular weight excluding hydrogens is 164 g/mol. The highest BCUT2D eigenvalue weighted by Gasteiger charge is 1.79. The summed E-state index contributed by atoms with van der Waals surface area (Å²) in [5, 5.41) is 0. The second-order valence-corrected chi connectivity index (χ2v) is 2.52. The highest BCUT2D eigenvalue weighted by atomic mass is 16.5. The van der Waals surface area contributed by atoms with E-state index in [9.17, 15) is 4.79 Å². The second-order valence-electron chi connectivity index (χ2n) is 2.52. The number of carbonyl (C=O) groups is 1. The Kier molecular flexibility index (Phi) is 8.15. The second kappa shape index (κ2) is 8.94. The van der Waals surface area contributed by atoms with Gasteiger partial charge in [-0.05, 0) is 6.42 Å². The molecule has 2 nitrogen and oxygen atoms in total. The molecule has 0 atom stereocenters. The van der Waals surface area contributed by atoms with Gasteiger partial charge in [-0.2, -0.15) is 0 Å². The van der Waals surface area contributed by atoms with Crippen molar-refractivity contribution in [3.8, 4) is 0 Å². The average molecular weight is 180 g/mol. The lowest BCUT2D eigenvalue weighted by Gasteiger charge is -1.84. The molecule has 1 aromatic carbocycles. The lowest BCUT2D eigenvalue weighted by molar-refractivity contribution is 0.112. The minimum Gasteiger partial charge on any atom is -0.385 e. The van der Waals surface area contributed by atoms with E-state index in [4.69, 9.17) is 4.74 Å². The summed E-state index contributed by atoms with van der Waals surface area (Å²) < 4.78 is 4.69. The van der Waals surface area contributed by atoms with Crippen molar-refractivity contribution < 1.29 is 9.53 Å². The summed E-state index contributed by atoms with van der Waals surface area (Å²) in [5.41, 5.74) is 0.729. The minimum absolute atomic E-state index is 0.729. The van der Waals surface area contributed by atoms with Gasteiger partial charge in [0.25, 0.3) is 0 Å². The molecule has 2 heteroatoms. The molecule has 0 bridgehead atoms. The number of rotatable bonds is 3. The first-order valence-corrected chi connectivity index (χ1v) is 4.34. The SMILES string of the molecule is CCCOC.O=Cc1ccccc1. The molecule has 1 aromatic rings. The van der Waals surface area contributed by atoms with E-state index >= 15 is 0 Å². The van der Waals surface area contributed by atoms with Gasteiger partial charge in [0, 0.05) is 19.3 Å². The maximum Gasteiger partial charge on any atom is 0.150 e. The standard InChI is InChI=1S/C7H6O.C4H10O/c8-6-7-4-2-1-3-5-7;1-3-4-5-2/h1-6H;3-4H2,1-2H3. The Morgan fingerprint density at radius 3 is 2.15 bits per heavy atom. The van der Waals surface area contributed by atoms with Gasteiger partial charge in [-0.25, -0.2) is 0 Å². The van der Waals surface area contributed by atoms with Crippen molar-refractivity contribution in [1.82, 2.24) is 0 Å². The predicted molar refractivity (Wildman–Crippen MR) is 54.0 cm³/mol. The molecule has 0 saturated carbocycles. The van der Waals surface area contributed by atoms with Crippen molar-refractivity contribution in [2.75, 3.05) is 13.7 Å². The third-order valence-corrected chi connectivity index (χ3v) is 1.34. The van der Waals surface area contributed by atoms with Crippen LogP contribution in [0, 0.1) is 0 Å². The molecule has 0 amide bonds. The summed E-state index contributed by atoms with van der Waals surface area (Å²) in [6, 6.07) is 9.10. The van der Waals surface area contributed by atoms with Crippen molar-refractivity contribution in [3.63, 3.8) is 0 Å². The molecule has 0 aliphatic rings. The maximum absolute atomic E-state index is 10.0. The lowest BCUT2D eigenvalue weighted by atomic mass is 10.2. The lowest BCUT2D eigenvalue weighted by Crippen LogP contribution is -1.80. The Hall–Kier alpha value is -1.15. The van der Waals surface area contributed by atoms with Crippen LogP contribution in [0.2, 0.25) is 0 Å². The van der Waals surface area contributed by atoms with Crippen LogP contribution < -0.4 is 0 Å². The van der Waals surface area contributed by atoms with Crippen LogP contribution in [0.4, 0.5) is 0 Å². The van der Waals surface area contributed by atoms with Crippen LogP contribution in [-0.4, -0.2) is 20.0 Å². The Morgan fingerprint density at radius 2 is 1.92 bits per heavy atom. The van der Waals surface area contributed by atoms with Crippen molar-refractivity contribution in [2.24, 2.45) is 0 Å². The molecule has 0 heterocycles. The van der Waals surface area contributed by atoms with Gasteiger partial charge >= 0.3 is 0 Å². The van der Waals surface area contributed by atoms with Gasteiger partial charge in [0.2, 0.25) is 0 Å². The minimum atomic E-state index is 0.729. The Morgan fingerprint density at radius 1 is 1.31 bits per heavy atom. The highest BCUT2D eigenvalue weighted by molar-refractivity contribution is 5.74. The molecule has 13 heavy (non-hydrogen) atoms. The fourth-order valence-corrected chi connectivity index (χ4v) is 0.736. The third-order valence-electron chi connectivity index (χ3n) is 1.34. The van der Waals surface area contributed by atoms with E-state index in [2.05, 4.69) is 6.92 Å². The molecule has 0 radical (unpaired) electrons. The summed E-state index contributed by atoms with van der Waals surface area (Å²) in [7, 11) is 1.71. The third kappa shape index (κ3) is 7.22. The number of aldehydes is 1. The molecule has 0 saturated heterocycles. The molecule has 0 N–H and O–H groups in total. The van der Waals surface area contributed by atoms with Crippen LogP contribution in [0.25, 0.3) is 0 Å². The largest absolute Gasteiger partial charge is 0.385 e. The number of hydrogen-bond acceptors (Lipinski definition) is 2. The van der Waals surface area contributed by atoms with Gasteiger partial charge in [-0.15, -0.1) is 0 Å². The fraction of sp³-hybridized carbons (Fsp3) is 0.364. The average Bonchev–Trinajstić information content (AvgIpc) is 2.21. The van der Waals surface area contributed by atoms with Crippen LogP contribution >= 0.6 is 0 Å². The molecule has 0 aliphatic carbocycles. The van der Waals surface area contributed by atoms with E-state index in [1.165, 1.54) is 0 Å². The van der Waals surface area contributed by atoms with E-state index in [0.29, 0.717) is 0 Å². The van der Waals surface area contributed by atoms with Crippen molar-refractivity contribution in [2.45, 2.75) is 13.3 Å². The molecular formula is C11H16O2. The molecule has 1 rings (SSSR count). The quantitative estimate of drug-likeness (QED) is 0.668. The van der Waals surface area contributed by atoms with E-state index in [-0.39, 0.29) is 0 Å². The first kappa shape index (κ1) is 11.8. The fourth-order valence-electron chi connectivity index (χ4n) is 0.736. The Labute approximate surface area is 79.5 Å². The molecule has 0 spiro atoms. The molecule has 0 unspecified atom stereocenters. The van der Waals surface area contributed by atoms with Crippen molar-refractivity contribution in [1.29, 1.82) is 0 Å². The normalized spacial score (nSPS) is 8.46. The van der Waals surface area contributed by atoms with E-state index < -0.39 is 0 Å². The number of methoxy groups -OCH3 is 1. The van der Waals surface area contributed by atoms with Crippen LogP contribution in [0.5, 0.6) is 0 Å². The molecule has 0 aromatic heterocycles. The van der Waals surface area contributed by atoms with Gasteiger partial charge in [0.15, 0.2) is 0 Å². The number of benzene rings is 1. The summed E-state index contributed by atoms with van der Waals surface area (Å²) in [5.74, 6) is 0. The van der Waals surface area contributed by atoms with E-state index in [0.717, 1.165) is 24.9 Å². The van der Waals surface area contributed by atoms with Gasteiger partial charge in [-0.3, -0.25) is 4.79 Å². The zero-order valence-corrected chi connectivity index (χ0v) is 8.19. The first-order chi connectivity index (χ1) is 6.35. The highest BCUT2D eigenvalue weighted by Crippen LogP contribution is 1.91. The van der Waals surface area contributed by atoms with Crippen LogP contribution in [0.1, 0.15) is 23.7 Å². The summed E-state index contributed by atoms with van der Waals surface area (Å²) >= 11 is 0. The molecule has 0 aliphatic heterocycles.